The summed E-state index contributed by atoms with van der Waals surface area (Å²) in [5.74, 6) is 2.91. The smallest absolute Gasteiger partial charge is 0.0717 e. The van der Waals surface area contributed by atoms with Gasteiger partial charge < -0.3 is 0 Å². The fourth-order valence-electron chi connectivity index (χ4n) is 3.80. The van der Waals surface area contributed by atoms with E-state index in [0.717, 1.165) is 17.8 Å². The molecule has 0 N–H and O–H groups in total. The van der Waals surface area contributed by atoms with Gasteiger partial charge in [0.2, 0.25) is 0 Å². The molecule has 2 aliphatic rings. The Hall–Kier alpha value is -0.460. The van der Waals surface area contributed by atoms with Crippen LogP contribution in [-0.4, -0.2) is 10.7 Å². The van der Waals surface area contributed by atoms with Crippen LogP contribution in [0, 0.1) is 23.7 Å². The van der Waals surface area contributed by atoms with Crippen molar-refractivity contribution in [1.82, 2.24) is 0 Å². The van der Waals surface area contributed by atoms with E-state index in [-0.39, 0.29) is 5.54 Å². The second kappa shape index (κ2) is 5.27. The van der Waals surface area contributed by atoms with E-state index >= 15 is 0 Å². The highest BCUT2D eigenvalue weighted by Crippen LogP contribution is 2.47. The Kier molecular flexibility index (Phi) is 4.08. The Morgan fingerprint density at radius 3 is 2.72 bits per heavy atom. The lowest BCUT2D eigenvalue weighted by atomic mass is 9.63. The molecule has 4 atom stereocenters. The van der Waals surface area contributed by atoms with Gasteiger partial charge >= 0.3 is 0 Å². The van der Waals surface area contributed by atoms with E-state index in [4.69, 9.17) is 12.2 Å². The molecule has 0 spiro atoms. The first kappa shape index (κ1) is 14.0. The van der Waals surface area contributed by atoms with Crippen molar-refractivity contribution in [3.63, 3.8) is 0 Å². The molecule has 0 radical (unpaired) electrons. The van der Waals surface area contributed by atoms with Gasteiger partial charge in [-0.25, -0.2) is 4.99 Å². The number of nitrogens with zero attached hydrogens (tertiary/aromatic N) is 1. The molecule has 0 saturated heterocycles. The molecule has 1 nitrogen and oxygen atoms in total. The first-order chi connectivity index (χ1) is 8.45. The third-order valence-corrected chi connectivity index (χ3v) is 5.19. The number of aliphatic imine (C=N–C) groups is 1. The second-order valence-corrected chi connectivity index (χ2v) is 6.96. The second-order valence-electron chi connectivity index (χ2n) is 6.78. The maximum Gasteiger partial charge on any atom is 0.0717 e. The van der Waals surface area contributed by atoms with Gasteiger partial charge in [0.05, 0.1) is 10.7 Å². The zero-order valence-corrected chi connectivity index (χ0v) is 12.9. The van der Waals surface area contributed by atoms with Crippen molar-refractivity contribution in [2.45, 2.75) is 58.9 Å². The van der Waals surface area contributed by atoms with Gasteiger partial charge in [0.25, 0.3) is 0 Å². The molecule has 0 aromatic rings. The van der Waals surface area contributed by atoms with Gasteiger partial charge in [-0.1, -0.05) is 31.9 Å². The molecule has 2 aliphatic carbocycles. The summed E-state index contributed by atoms with van der Waals surface area (Å²) in [6, 6.07) is 0. The van der Waals surface area contributed by atoms with E-state index in [0.29, 0.717) is 5.92 Å². The Morgan fingerprint density at radius 2 is 2.06 bits per heavy atom. The topological polar surface area (TPSA) is 12.4 Å². The standard InChI is InChI=1S/C16H25NS/c1-11-6-5-7-14-12(2)8-13(9-15(11)14)16(3,4)17-10-18/h9,11-14H,5-8H2,1-4H3/t11-,12-,13-,14-/m0/s1. The summed E-state index contributed by atoms with van der Waals surface area (Å²) in [5.41, 5.74) is 1.61. The molecule has 1 fully saturated rings. The minimum atomic E-state index is -0.0921. The summed E-state index contributed by atoms with van der Waals surface area (Å²) in [6.45, 7) is 9.19. The molecule has 0 amide bonds. The zero-order chi connectivity index (χ0) is 13.3. The van der Waals surface area contributed by atoms with Crippen LogP contribution in [0.25, 0.3) is 0 Å². The number of hydrogen-bond donors (Lipinski definition) is 0. The fourth-order valence-corrected chi connectivity index (χ4v) is 4.04. The largest absolute Gasteiger partial charge is 0.226 e. The first-order valence-corrected chi connectivity index (χ1v) is 7.67. The summed E-state index contributed by atoms with van der Waals surface area (Å²) < 4.78 is 0. The Balaban J connectivity index is 2.30. The number of allylic oxidation sites excluding steroid dienone is 1. The summed E-state index contributed by atoms with van der Waals surface area (Å²) in [7, 11) is 0. The maximum absolute atomic E-state index is 4.80. The molecule has 18 heavy (non-hydrogen) atoms. The Labute approximate surface area is 117 Å². The van der Waals surface area contributed by atoms with Gasteiger partial charge in [-0.2, -0.15) is 0 Å². The lowest BCUT2D eigenvalue weighted by molar-refractivity contribution is 0.209. The van der Waals surface area contributed by atoms with Crippen molar-refractivity contribution in [3.05, 3.63) is 11.6 Å². The van der Waals surface area contributed by atoms with Crippen LogP contribution in [-0.2, 0) is 0 Å². The molecule has 0 aromatic carbocycles. The lowest BCUT2D eigenvalue weighted by Crippen LogP contribution is -2.37. The average Bonchev–Trinajstić information content (AvgIpc) is 2.30. The maximum atomic E-state index is 4.80. The minimum Gasteiger partial charge on any atom is -0.226 e. The van der Waals surface area contributed by atoms with Gasteiger partial charge in [-0.05, 0) is 63.1 Å². The molecule has 0 bridgehead atoms. The minimum absolute atomic E-state index is 0.0921. The van der Waals surface area contributed by atoms with Crippen LogP contribution in [0.3, 0.4) is 0 Å². The SMILES string of the molecule is C[C@H]1CCC[C@@H]2C1=C[C@@H](C(C)(C)N=C=S)C[C@@H]2C. The van der Waals surface area contributed by atoms with Crippen molar-refractivity contribution < 1.29 is 0 Å². The lowest BCUT2D eigenvalue weighted by Gasteiger charge is -2.43. The van der Waals surface area contributed by atoms with Crippen molar-refractivity contribution >= 4 is 17.4 Å². The molecule has 0 heterocycles. The van der Waals surface area contributed by atoms with Crippen molar-refractivity contribution in [1.29, 1.82) is 0 Å². The normalized spacial score (nSPS) is 36.3. The fraction of sp³-hybridized carbons (Fsp3) is 0.812. The monoisotopic (exact) mass is 263 g/mol. The molecule has 0 aliphatic heterocycles. The van der Waals surface area contributed by atoms with Gasteiger partial charge in [-0.3, -0.25) is 0 Å². The molecule has 1 saturated carbocycles. The van der Waals surface area contributed by atoms with Crippen molar-refractivity contribution in [2.75, 3.05) is 0 Å². The molecule has 2 rings (SSSR count). The van der Waals surface area contributed by atoms with Gasteiger partial charge in [0.15, 0.2) is 0 Å². The molecule has 0 unspecified atom stereocenters. The van der Waals surface area contributed by atoms with Crippen LogP contribution >= 0.6 is 12.2 Å². The number of hydrogen-bond acceptors (Lipinski definition) is 2. The zero-order valence-electron chi connectivity index (χ0n) is 12.1. The van der Waals surface area contributed by atoms with Gasteiger partial charge in [-0.15, -0.1) is 0 Å². The summed E-state index contributed by atoms with van der Waals surface area (Å²) >= 11 is 4.80. The van der Waals surface area contributed by atoms with Crippen LogP contribution in [0.15, 0.2) is 16.6 Å². The molecular formula is C16H25NS. The van der Waals surface area contributed by atoms with Crippen LogP contribution in [0.2, 0.25) is 0 Å². The predicted octanol–water partition coefficient (Wildman–Crippen LogP) is 4.89. The highest BCUT2D eigenvalue weighted by atomic mass is 32.1. The van der Waals surface area contributed by atoms with Crippen LogP contribution in [0.4, 0.5) is 0 Å². The number of fused-ring (bicyclic) bond motifs is 1. The van der Waals surface area contributed by atoms with Crippen molar-refractivity contribution in [3.8, 4) is 0 Å². The summed E-state index contributed by atoms with van der Waals surface area (Å²) in [4.78, 5) is 4.40. The molecule has 100 valence electrons. The number of thiocarbonyl (C=S) groups is 1. The molecule has 0 aromatic heterocycles. The Morgan fingerprint density at radius 1 is 1.33 bits per heavy atom. The van der Waals surface area contributed by atoms with Gasteiger partial charge in [0, 0.05) is 5.92 Å². The van der Waals surface area contributed by atoms with E-state index in [9.17, 15) is 0 Å². The highest BCUT2D eigenvalue weighted by molar-refractivity contribution is 7.78. The molecule has 2 heteroatoms. The molecular weight excluding hydrogens is 238 g/mol. The predicted molar refractivity (Wildman–Crippen MR) is 81.0 cm³/mol. The van der Waals surface area contributed by atoms with Crippen LogP contribution in [0.5, 0.6) is 0 Å². The average molecular weight is 263 g/mol. The first-order valence-electron chi connectivity index (χ1n) is 7.26. The number of rotatable bonds is 2. The quantitative estimate of drug-likeness (QED) is 0.393. The highest BCUT2D eigenvalue weighted by Gasteiger charge is 2.38. The van der Waals surface area contributed by atoms with E-state index in [1.54, 1.807) is 5.57 Å². The van der Waals surface area contributed by atoms with E-state index in [1.807, 2.05) is 0 Å². The van der Waals surface area contributed by atoms with Gasteiger partial charge in [0.1, 0.15) is 0 Å². The third kappa shape index (κ3) is 2.60. The van der Waals surface area contributed by atoms with Crippen LogP contribution in [0.1, 0.15) is 53.4 Å². The van der Waals surface area contributed by atoms with E-state index < -0.39 is 0 Å². The van der Waals surface area contributed by atoms with Crippen molar-refractivity contribution in [2.24, 2.45) is 28.7 Å². The summed E-state index contributed by atoms with van der Waals surface area (Å²) in [5, 5.41) is 2.58. The summed E-state index contributed by atoms with van der Waals surface area (Å²) in [6.07, 6.45) is 7.93. The van der Waals surface area contributed by atoms with E-state index in [2.05, 4.69) is 43.9 Å². The van der Waals surface area contributed by atoms with E-state index in [1.165, 1.54) is 25.7 Å². The number of isothiocyanates is 1. The van der Waals surface area contributed by atoms with Crippen LogP contribution < -0.4 is 0 Å². The third-order valence-electron chi connectivity index (χ3n) is 5.10. The Bertz CT molecular complexity index is 390.